The molecule has 0 saturated heterocycles. The van der Waals surface area contributed by atoms with E-state index in [0.717, 1.165) is 11.6 Å². The number of nitrogens with one attached hydrogen (secondary N) is 1. The van der Waals surface area contributed by atoms with E-state index in [1.54, 1.807) is 24.3 Å². The quantitative estimate of drug-likeness (QED) is 0.835. The number of halogens is 1. The van der Waals surface area contributed by atoms with E-state index in [2.05, 4.69) is 5.32 Å². The monoisotopic (exact) mass is 305 g/mol. The molecule has 0 radical (unpaired) electrons. The number of rotatable bonds is 5. The number of hydrogen-bond acceptors (Lipinski definition) is 3. The summed E-state index contributed by atoms with van der Waals surface area (Å²) in [5, 5.41) is 11.3. The first-order valence-corrected chi connectivity index (χ1v) is 6.90. The van der Waals surface area contributed by atoms with Crippen molar-refractivity contribution >= 4 is 29.3 Å². The fourth-order valence-corrected chi connectivity index (χ4v) is 2.42. The van der Waals surface area contributed by atoms with Crippen LogP contribution in [0.15, 0.2) is 42.5 Å². The van der Waals surface area contributed by atoms with Gasteiger partial charge in [-0.15, -0.1) is 11.3 Å². The first-order valence-electron chi connectivity index (χ1n) is 6.08. The number of hydrogen-bond donors (Lipinski definition) is 2. The van der Waals surface area contributed by atoms with Crippen molar-refractivity contribution in [1.82, 2.24) is 5.32 Å². The highest BCUT2D eigenvalue weighted by Crippen LogP contribution is 2.18. The second-order valence-corrected chi connectivity index (χ2v) is 5.30. The largest absolute Gasteiger partial charge is 0.478 e. The van der Waals surface area contributed by atoms with Crippen LogP contribution in [0.5, 0.6) is 0 Å². The average molecular weight is 305 g/mol. The average Bonchev–Trinajstić information content (AvgIpc) is 2.93. The van der Waals surface area contributed by atoms with Gasteiger partial charge in [0.05, 0.1) is 4.88 Å². The van der Waals surface area contributed by atoms with Gasteiger partial charge >= 0.3 is 5.97 Å². The lowest BCUT2D eigenvalue weighted by atomic mass is 10.2. The number of carbonyl (C=O) groups excluding carboxylic acids is 1. The number of aliphatic carboxylic acids is 1. The number of carboxylic acids is 1. The molecule has 0 fully saturated rings. The van der Waals surface area contributed by atoms with Gasteiger partial charge in [-0.05, 0) is 35.9 Å². The minimum absolute atomic E-state index is 0.251. The van der Waals surface area contributed by atoms with E-state index in [0.29, 0.717) is 16.3 Å². The van der Waals surface area contributed by atoms with Crippen molar-refractivity contribution in [3.8, 4) is 0 Å². The molecule has 4 nitrogen and oxygen atoms in total. The molecule has 2 rings (SSSR count). The van der Waals surface area contributed by atoms with E-state index < -0.39 is 5.97 Å². The predicted octanol–water partition coefficient (Wildman–Crippen LogP) is 2.92. The molecule has 0 spiro atoms. The molecule has 2 N–H and O–H groups in total. The molecule has 0 aliphatic carbocycles. The lowest BCUT2D eigenvalue weighted by Crippen LogP contribution is -2.21. The summed E-state index contributed by atoms with van der Waals surface area (Å²) in [4.78, 5) is 23.5. The summed E-state index contributed by atoms with van der Waals surface area (Å²) in [7, 11) is 0. The fraction of sp³-hybridized carbons (Fsp3) is 0.0667. The van der Waals surface area contributed by atoms with Crippen LogP contribution in [0.3, 0.4) is 0 Å². The topological polar surface area (TPSA) is 66.4 Å². The van der Waals surface area contributed by atoms with E-state index in [9.17, 15) is 14.0 Å². The molecule has 108 valence electrons. The zero-order valence-electron chi connectivity index (χ0n) is 10.9. The van der Waals surface area contributed by atoms with Gasteiger partial charge < -0.3 is 10.4 Å². The Balaban J connectivity index is 1.94. The molecule has 0 unspecified atom stereocenters. The maximum absolute atomic E-state index is 12.7. The zero-order valence-corrected chi connectivity index (χ0v) is 11.7. The summed E-state index contributed by atoms with van der Waals surface area (Å²) in [5.74, 6) is -1.61. The van der Waals surface area contributed by atoms with Crippen molar-refractivity contribution in [2.45, 2.75) is 6.54 Å². The van der Waals surface area contributed by atoms with Gasteiger partial charge in [-0.3, -0.25) is 4.79 Å². The fourth-order valence-electron chi connectivity index (χ4n) is 1.59. The van der Waals surface area contributed by atoms with Gasteiger partial charge in [-0.25, -0.2) is 9.18 Å². The van der Waals surface area contributed by atoms with Crippen LogP contribution in [0.4, 0.5) is 4.39 Å². The summed E-state index contributed by atoms with van der Waals surface area (Å²) < 4.78 is 12.7. The van der Waals surface area contributed by atoms with Crippen molar-refractivity contribution in [3.05, 3.63) is 63.6 Å². The van der Waals surface area contributed by atoms with Gasteiger partial charge in [0.15, 0.2) is 0 Å². The standard InChI is InChI=1S/C15H12FNO3S/c16-11-3-1-10(2-4-11)9-17-15(20)13-7-5-12(21-13)6-8-14(18)19/h1-8H,9H2,(H,17,20)(H,18,19). The lowest BCUT2D eigenvalue weighted by Gasteiger charge is -2.03. The van der Waals surface area contributed by atoms with Crippen LogP contribution in [0.25, 0.3) is 6.08 Å². The van der Waals surface area contributed by atoms with E-state index in [4.69, 9.17) is 5.11 Å². The number of carbonyl (C=O) groups is 2. The number of thiophene rings is 1. The highest BCUT2D eigenvalue weighted by molar-refractivity contribution is 7.14. The van der Waals surface area contributed by atoms with Crippen molar-refractivity contribution in [2.75, 3.05) is 0 Å². The first-order chi connectivity index (χ1) is 10.0. The van der Waals surface area contributed by atoms with Crippen LogP contribution in [0, 0.1) is 5.82 Å². The summed E-state index contributed by atoms with van der Waals surface area (Å²) in [6.45, 7) is 0.303. The number of benzene rings is 1. The van der Waals surface area contributed by atoms with Gasteiger partial charge in [-0.1, -0.05) is 12.1 Å². The van der Waals surface area contributed by atoms with E-state index in [1.807, 2.05) is 0 Å². The van der Waals surface area contributed by atoms with Gasteiger partial charge in [-0.2, -0.15) is 0 Å². The van der Waals surface area contributed by atoms with Crippen LogP contribution >= 0.6 is 11.3 Å². The highest BCUT2D eigenvalue weighted by atomic mass is 32.1. The van der Waals surface area contributed by atoms with Crippen molar-refractivity contribution in [2.24, 2.45) is 0 Å². The molecule has 2 aromatic rings. The summed E-state index contributed by atoms with van der Waals surface area (Å²) in [5.41, 5.74) is 0.798. The van der Waals surface area contributed by atoms with Crippen molar-refractivity contribution in [1.29, 1.82) is 0 Å². The highest BCUT2D eigenvalue weighted by Gasteiger charge is 2.08. The zero-order chi connectivity index (χ0) is 15.2. The Morgan fingerprint density at radius 3 is 2.57 bits per heavy atom. The van der Waals surface area contributed by atoms with Gasteiger partial charge in [0, 0.05) is 17.5 Å². The van der Waals surface area contributed by atoms with E-state index in [1.165, 1.54) is 29.5 Å². The maximum atomic E-state index is 12.7. The molecule has 1 aromatic heterocycles. The number of carboxylic acid groups (broad SMARTS) is 1. The molecular weight excluding hydrogens is 293 g/mol. The third kappa shape index (κ3) is 4.54. The Morgan fingerprint density at radius 1 is 1.19 bits per heavy atom. The molecule has 1 amide bonds. The van der Waals surface area contributed by atoms with Crippen LogP contribution in [-0.4, -0.2) is 17.0 Å². The van der Waals surface area contributed by atoms with E-state index >= 15 is 0 Å². The third-order valence-electron chi connectivity index (χ3n) is 2.61. The third-order valence-corrected chi connectivity index (χ3v) is 3.66. The first kappa shape index (κ1) is 14.9. The molecule has 0 bridgehead atoms. The van der Waals surface area contributed by atoms with Crippen LogP contribution in [0.2, 0.25) is 0 Å². The van der Waals surface area contributed by atoms with Crippen molar-refractivity contribution < 1.29 is 19.1 Å². The Kier molecular flexibility index (Phi) is 4.84. The smallest absolute Gasteiger partial charge is 0.328 e. The molecule has 0 aliphatic heterocycles. The number of amides is 1. The maximum Gasteiger partial charge on any atom is 0.328 e. The minimum Gasteiger partial charge on any atom is -0.478 e. The second kappa shape index (κ2) is 6.81. The van der Waals surface area contributed by atoms with Gasteiger partial charge in [0.2, 0.25) is 0 Å². The summed E-state index contributed by atoms with van der Waals surface area (Å²) in [6.07, 6.45) is 2.45. The van der Waals surface area contributed by atoms with Gasteiger partial charge in [0.25, 0.3) is 5.91 Å². The molecule has 0 saturated carbocycles. The summed E-state index contributed by atoms with van der Waals surface area (Å²) in [6, 6.07) is 9.18. The van der Waals surface area contributed by atoms with Crippen LogP contribution < -0.4 is 5.32 Å². The molecule has 1 aromatic carbocycles. The minimum atomic E-state index is -1.04. The SMILES string of the molecule is O=C(O)C=Cc1ccc(C(=O)NCc2ccc(F)cc2)s1. The molecule has 0 aliphatic rings. The lowest BCUT2D eigenvalue weighted by molar-refractivity contribution is -0.131. The van der Waals surface area contributed by atoms with Gasteiger partial charge in [0.1, 0.15) is 5.82 Å². The molecule has 0 atom stereocenters. The predicted molar refractivity (Wildman–Crippen MR) is 78.6 cm³/mol. The molecule has 1 heterocycles. The summed E-state index contributed by atoms with van der Waals surface area (Å²) >= 11 is 1.20. The molecule has 6 heteroatoms. The Hall–Kier alpha value is -2.47. The van der Waals surface area contributed by atoms with Crippen LogP contribution in [0.1, 0.15) is 20.1 Å². The Morgan fingerprint density at radius 2 is 1.90 bits per heavy atom. The molecule has 21 heavy (non-hydrogen) atoms. The van der Waals surface area contributed by atoms with E-state index in [-0.39, 0.29) is 11.7 Å². The molecular formula is C15H12FNO3S. The second-order valence-electron chi connectivity index (χ2n) is 4.18. The Labute approximate surface area is 124 Å². The normalized spacial score (nSPS) is 10.7. The Bertz CT molecular complexity index is 676. The van der Waals surface area contributed by atoms with Crippen LogP contribution in [-0.2, 0) is 11.3 Å². The van der Waals surface area contributed by atoms with Crippen molar-refractivity contribution in [3.63, 3.8) is 0 Å².